The fourth-order valence-corrected chi connectivity index (χ4v) is 3.86. The Balaban J connectivity index is 2.00. The normalized spacial score (nSPS) is 12.2. The second-order valence-electron chi connectivity index (χ2n) is 7.10. The summed E-state index contributed by atoms with van der Waals surface area (Å²) in [5, 5.41) is 11.6. The summed E-state index contributed by atoms with van der Waals surface area (Å²) in [6.45, 7) is 2.02. The van der Waals surface area contributed by atoms with E-state index in [1.54, 1.807) is 30.6 Å². The minimum Gasteiger partial charge on any atom is -0.383 e. The molecule has 0 saturated heterocycles. The lowest BCUT2D eigenvalue weighted by atomic mass is 9.92. The predicted molar refractivity (Wildman–Crippen MR) is 114 cm³/mol. The van der Waals surface area contributed by atoms with Gasteiger partial charge in [0.05, 0.1) is 5.69 Å². The highest BCUT2D eigenvalue weighted by atomic mass is 35.5. The van der Waals surface area contributed by atoms with Crippen LogP contribution in [0.2, 0.25) is 5.02 Å². The van der Waals surface area contributed by atoms with Gasteiger partial charge in [-0.15, -0.1) is 0 Å². The van der Waals surface area contributed by atoms with Crippen molar-refractivity contribution in [3.8, 4) is 22.4 Å². The smallest absolute Gasteiger partial charge is 0.132 e. The Kier molecular flexibility index (Phi) is 5.22. The van der Waals surface area contributed by atoms with Crippen molar-refractivity contribution < 1.29 is 9.50 Å². The van der Waals surface area contributed by atoms with Crippen LogP contribution in [-0.2, 0) is 7.05 Å². The maximum absolute atomic E-state index is 14.8. The molecule has 4 rings (SSSR count). The molecule has 0 fully saturated rings. The van der Waals surface area contributed by atoms with Crippen molar-refractivity contribution in [3.05, 3.63) is 101 Å². The van der Waals surface area contributed by atoms with Crippen LogP contribution in [0.1, 0.15) is 22.8 Å². The van der Waals surface area contributed by atoms with E-state index in [1.807, 2.05) is 49.0 Å². The fourth-order valence-electron chi connectivity index (χ4n) is 3.70. The monoisotopic (exact) mass is 406 g/mol. The first-order chi connectivity index (χ1) is 14.0. The van der Waals surface area contributed by atoms with Crippen LogP contribution in [0.25, 0.3) is 22.4 Å². The molecule has 1 unspecified atom stereocenters. The van der Waals surface area contributed by atoms with Gasteiger partial charge in [-0.1, -0.05) is 41.4 Å². The van der Waals surface area contributed by atoms with Crippen LogP contribution in [0.5, 0.6) is 0 Å². The molecular weight excluding hydrogens is 387 g/mol. The van der Waals surface area contributed by atoms with E-state index in [2.05, 4.69) is 11.1 Å². The van der Waals surface area contributed by atoms with Gasteiger partial charge in [0, 0.05) is 52.9 Å². The molecule has 2 aromatic heterocycles. The van der Waals surface area contributed by atoms with E-state index in [1.165, 1.54) is 6.07 Å². The highest BCUT2D eigenvalue weighted by Gasteiger charge is 2.26. The van der Waals surface area contributed by atoms with Crippen molar-refractivity contribution in [2.45, 2.75) is 13.0 Å². The van der Waals surface area contributed by atoms with Crippen LogP contribution in [0.4, 0.5) is 4.39 Å². The third-order valence-corrected chi connectivity index (χ3v) is 5.24. The fraction of sp³-hybridized carbons (Fsp3) is 0.125. The van der Waals surface area contributed by atoms with Crippen LogP contribution >= 0.6 is 11.6 Å². The summed E-state index contributed by atoms with van der Waals surface area (Å²) >= 11 is 5.95. The van der Waals surface area contributed by atoms with Gasteiger partial charge in [0.25, 0.3) is 0 Å². The maximum atomic E-state index is 14.8. The van der Waals surface area contributed by atoms with Gasteiger partial charge in [-0.2, -0.15) is 0 Å². The van der Waals surface area contributed by atoms with Crippen molar-refractivity contribution in [1.29, 1.82) is 0 Å². The Bertz CT molecular complexity index is 1170. The lowest BCUT2D eigenvalue weighted by Gasteiger charge is -2.17. The third kappa shape index (κ3) is 3.69. The van der Waals surface area contributed by atoms with Gasteiger partial charge in [0.1, 0.15) is 11.9 Å². The number of hydrogen-bond donors (Lipinski definition) is 1. The van der Waals surface area contributed by atoms with E-state index in [0.29, 0.717) is 27.3 Å². The number of aryl methyl sites for hydroxylation is 2. The van der Waals surface area contributed by atoms with Crippen molar-refractivity contribution in [1.82, 2.24) is 9.55 Å². The number of aliphatic hydroxyl groups excluding tert-OH is 1. The Morgan fingerprint density at radius 1 is 1.07 bits per heavy atom. The van der Waals surface area contributed by atoms with Gasteiger partial charge < -0.3 is 9.67 Å². The molecule has 4 aromatic rings. The lowest BCUT2D eigenvalue weighted by molar-refractivity contribution is 0.221. The topological polar surface area (TPSA) is 38.1 Å². The van der Waals surface area contributed by atoms with Crippen LogP contribution in [0, 0.1) is 12.7 Å². The average molecular weight is 407 g/mol. The minimum absolute atomic E-state index is 0.329. The van der Waals surface area contributed by atoms with Crippen LogP contribution in [0.3, 0.4) is 0 Å². The number of rotatable bonds is 4. The standard InChI is InChI=1S/C24H20ClFN2O/c1-15-5-3-6-16(11-15)23-22(24(29)17-7-4-10-27-13-17)20(14-28(23)2)19-9-8-18(25)12-21(19)26/h3-14,24,29H,1-2H3. The molecule has 29 heavy (non-hydrogen) atoms. The lowest BCUT2D eigenvalue weighted by Crippen LogP contribution is -2.04. The molecule has 0 aliphatic heterocycles. The molecule has 2 heterocycles. The molecular formula is C24H20ClFN2O. The summed E-state index contributed by atoms with van der Waals surface area (Å²) in [7, 11) is 1.90. The second-order valence-corrected chi connectivity index (χ2v) is 7.53. The summed E-state index contributed by atoms with van der Waals surface area (Å²) in [4.78, 5) is 4.13. The summed E-state index contributed by atoms with van der Waals surface area (Å²) in [6, 6.07) is 16.2. The molecule has 5 heteroatoms. The molecule has 0 saturated carbocycles. The van der Waals surface area contributed by atoms with E-state index in [-0.39, 0.29) is 0 Å². The largest absolute Gasteiger partial charge is 0.383 e. The van der Waals surface area contributed by atoms with E-state index in [0.717, 1.165) is 16.8 Å². The SMILES string of the molecule is Cc1cccc(-c2c(C(O)c3cccnc3)c(-c3ccc(Cl)cc3F)cn2C)c1. The summed E-state index contributed by atoms with van der Waals surface area (Å²) in [6.07, 6.45) is 4.16. The van der Waals surface area contributed by atoms with Gasteiger partial charge in [-0.3, -0.25) is 4.98 Å². The number of halogens is 2. The van der Waals surface area contributed by atoms with Gasteiger partial charge in [-0.25, -0.2) is 4.39 Å². The van der Waals surface area contributed by atoms with Crippen molar-refractivity contribution >= 4 is 11.6 Å². The molecule has 1 N–H and O–H groups in total. The van der Waals surface area contributed by atoms with Crippen molar-refractivity contribution in [2.75, 3.05) is 0 Å². The quantitative estimate of drug-likeness (QED) is 0.455. The number of hydrogen-bond acceptors (Lipinski definition) is 2. The van der Waals surface area contributed by atoms with E-state index >= 15 is 0 Å². The first-order valence-corrected chi connectivity index (χ1v) is 9.63. The Hall–Kier alpha value is -2.95. The Morgan fingerprint density at radius 3 is 2.59 bits per heavy atom. The Labute approximate surface area is 174 Å². The summed E-state index contributed by atoms with van der Waals surface area (Å²) in [5.41, 5.74) is 5.16. The first-order valence-electron chi connectivity index (χ1n) is 9.25. The zero-order valence-electron chi connectivity index (χ0n) is 16.1. The third-order valence-electron chi connectivity index (χ3n) is 5.01. The number of aromatic nitrogens is 2. The van der Waals surface area contributed by atoms with E-state index < -0.39 is 11.9 Å². The molecule has 146 valence electrons. The molecule has 0 radical (unpaired) electrons. The molecule has 2 aromatic carbocycles. The minimum atomic E-state index is -0.967. The highest BCUT2D eigenvalue weighted by molar-refractivity contribution is 6.30. The number of aliphatic hydroxyl groups is 1. The predicted octanol–water partition coefficient (Wildman–Crippen LogP) is 5.94. The van der Waals surface area contributed by atoms with Gasteiger partial charge in [0.15, 0.2) is 0 Å². The molecule has 0 amide bonds. The molecule has 0 bridgehead atoms. The maximum Gasteiger partial charge on any atom is 0.132 e. The van der Waals surface area contributed by atoms with Gasteiger partial charge in [0.2, 0.25) is 0 Å². The van der Waals surface area contributed by atoms with E-state index in [4.69, 9.17) is 11.6 Å². The highest BCUT2D eigenvalue weighted by Crippen LogP contribution is 2.41. The zero-order chi connectivity index (χ0) is 20.5. The number of benzene rings is 2. The summed E-state index contributed by atoms with van der Waals surface area (Å²) in [5.74, 6) is -0.432. The molecule has 0 spiro atoms. The number of pyridine rings is 1. The van der Waals surface area contributed by atoms with Crippen molar-refractivity contribution in [3.63, 3.8) is 0 Å². The van der Waals surface area contributed by atoms with Crippen molar-refractivity contribution in [2.24, 2.45) is 7.05 Å². The average Bonchev–Trinajstić information content (AvgIpc) is 3.05. The van der Waals surface area contributed by atoms with E-state index in [9.17, 15) is 9.50 Å². The molecule has 0 aliphatic rings. The molecule has 1 atom stereocenters. The zero-order valence-corrected chi connectivity index (χ0v) is 16.9. The van der Waals surface area contributed by atoms with Gasteiger partial charge in [-0.05, 0) is 42.8 Å². The van der Waals surface area contributed by atoms with Crippen LogP contribution in [-0.4, -0.2) is 14.7 Å². The van der Waals surface area contributed by atoms with Gasteiger partial charge >= 0.3 is 0 Å². The first kappa shape index (κ1) is 19.4. The van der Waals surface area contributed by atoms with Crippen LogP contribution in [0.15, 0.2) is 73.2 Å². The Morgan fingerprint density at radius 2 is 1.90 bits per heavy atom. The molecule has 3 nitrogen and oxygen atoms in total. The second kappa shape index (κ2) is 7.82. The molecule has 0 aliphatic carbocycles. The summed E-state index contributed by atoms with van der Waals surface area (Å²) < 4.78 is 16.7. The van der Waals surface area contributed by atoms with Crippen LogP contribution < -0.4 is 0 Å². The number of nitrogens with zero attached hydrogens (tertiary/aromatic N) is 2.